The maximum absolute atomic E-state index is 11.4. The van der Waals surface area contributed by atoms with Gasteiger partial charge in [-0.2, -0.15) is 0 Å². The maximum Gasteiger partial charge on any atom is 0.319 e. The number of primary amides is 1. The lowest BCUT2D eigenvalue weighted by Gasteiger charge is -2.24. The van der Waals surface area contributed by atoms with Gasteiger partial charge in [0.15, 0.2) is 0 Å². The fourth-order valence-electron chi connectivity index (χ4n) is 1.17. The molecule has 5 nitrogen and oxygen atoms in total. The first-order chi connectivity index (χ1) is 6.40. The first-order valence-electron chi connectivity index (χ1n) is 4.61. The SMILES string of the molecule is CCC(CN(C)C(=O)N(C)C)C(N)=O. The van der Waals surface area contributed by atoms with Crippen molar-refractivity contribution in [3.8, 4) is 0 Å². The molecule has 0 aromatic rings. The molecule has 0 fully saturated rings. The largest absolute Gasteiger partial charge is 0.369 e. The lowest BCUT2D eigenvalue weighted by Crippen LogP contribution is -2.41. The van der Waals surface area contributed by atoms with Gasteiger partial charge in [0, 0.05) is 27.7 Å². The highest BCUT2D eigenvalue weighted by Crippen LogP contribution is 2.04. The molecule has 0 saturated heterocycles. The number of nitrogens with two attached hydrogens (primary N) is 1. The van der Waals surface area contributed by atoms with E-state index < -0.39 is 0 Å². The van der Waals surface area contributed by atoms with Gasteiger partial charge >= 0.3 is 6.03 Å². The van der Waals surface area contributed by atoms with Crippen molar-refractivity contribution in [2.75, 3.05) is 27.7 Å². The van der Waals surface area contributed by atoms with Gasteiger partial charge in [0.05, 0.1) is 5.92 Å². The van der Waals surface area contributed by atoms with Crippen LogP contribution in [0.4, 0.5) is 4.79 Å². The van der Waals surface area contributed by atoms with Crippen LogP contribution in [0, 0.1) is 5.92 Å². The molecule has 14 heavy (non-hydrogen) atoms. The summed E-state index contributed by atoms with van der Waals surface area (Å²) in [6.07, 6.45) is 0.653. The van der Waals surface area contributed by atoms with Crippen LogP contribution in [0.5, 0.6) is 0 Å². The second-order valence-electron chi connectivity index (χ2n) is 3.57. The molecular formula is C9H19N3O2. The summed E-state index contributed by atoms with van der Waals surface area (Å²) in [6.45, 7) is 2.26. The van der Waals surface area contributed by atoms with Crippen molar-refractivity contribution in [3.05, 3.63) is 0 Å². The Bertz CT molecular complexity index is 216. The summed E-state index contributed by atoms with van der Waals surface area (Å²) < 4.78 is 0. The minimum Gasteiger partial charge on any atom is -0.369 e. The standard InChI is InChI=1S/C9H19N3O2/c1-5-7(8(10)13)6-12(4)9(14)11(2)3/h7H,5-6H2,1-4H3,(H2,10,13). The van der Waals surface area contributed by atoms with Crippen LogP contribution < -0.4 is 5.73 Å². The molecule has 0 saturated carbocycles. The van der Waals surface area contributed by atoms with Crippen LogP contribution in [0.25, 0.3) is 0 Å². The van der Waals surface area contributed by atoms with Crippen LogP contribution in [0.3, 0.4) is 0 Å². The Morgan fingerprint density at radius 3 is 2.07 bits per heavy atom. The van der Waals surface area contributed by atoms with E-state index in [1.807, 2.05) is 6.92 Å². The second-order valence-corrected chi connectivity index (χ2v) is 3.57. The number of hydrogen-bond donors (Lipinski definition) is 1. The number of nitrogens with zero attached hydrogens (tertiary/aromatic N) is 2. The Morgan fingerprint density at radius 1 is 1.29 bits per heavy atom. The van der Waals surface area contributed by atoms with E-state index in [1.165, 1.54) is 9.80 Å². The Labute approximate surface area is 84.8 Å². The van der Waals surface area contributed by atoms with E-state index in [9.17, 15) is 9.59 Å². The second kappa shape index (κ2) is 5.47. The summed E-state index contributed by atoms with van der Waals surface area (Å²) in [5.74, 6) is -0.616. The minimum absolute atomic E-state index is 0.121. The number of amides is 3. The van der Waals surface area contributed by atoms with Crippen molar-refractivity contribution >= 4 is 11.9 Å². The highest BCUT2D eigenvalue weighted by atomic mass is 16.2. The number of urea groups is 1. The molecule has 0 aliphatic rings. The van der Waals surface area contributed by atoms with Crippen molar-refractivity contribution in [2.24, 2.45) is 11.7 Å². The predicted molar refractivity (Wildman–Crippen MR) is 54.7 cm³/mol. The first-order valence-corrected chi connectivity index (χ1v) is 4.61. The molecular weight excluding hydrogens is 182 g/mol. The third kappa shape index (κ3) is 3.64. The van der Waals surface area contributed by atoms with Gasteiger partial charge in [-0.25, -0.2) is 4.79 Å². The molecule has 0 heterocycles. The fraction of sp³-hybridized carbons (Fsp3) is 0.778. The van der Waals surface area contributed by atoms with E-state index in [0.717, 1.165) is 0 Å². The molecule has 82 valence electrons. The van der Waals surface area contributed by atoms with Crippen LogP contribution in [0.15, 0.2) is 0 Å². The summed E-state index contributed by atoms with van der Waals surface area (Å²) in [7, 11) is 5.00. The normalized spacial score (nSPS) is 12.0. The molecule has 0 radical (unpaired) electrons. The van der Waals surface area contributed by atoms with E-state index in [0.29, 0.717) is 13.0 Å². The molecule has 2 N–H and O–H groups in total. The Hall–Kier alpha value is -1.26. The average Bonchev–Trinajstić information content (AvgIpc) is 2.11. The zero-order valence-electron chi connectivity index (χ0n) is 9.28. The predicted octanol–water partition coefficient (Wildman–Crippen LogP) is 0.111. The average molecular weight is 201 g/mol. The van der Waals surface area contributed by atoms with Gasteiger partial charge < -0.3 is 15.5 Å². The third-order valence-corrected chi connectivity index (χ3v) is 2.10. The molecule has 0 rings (SSSR count). The Kier molecular flexibility index (Phi) is 4.97. The number of rotatable bonds is 4. The minimum atomic E-state index is -0.356. The monoisotopic (exact) mass is 201 g/mol. The molecule has 0 spiro atoms. The Morgan fingerprint density at radius 2 is 1.79 bits per heavy atom. The molecule has 1 atom stereocenters. The Balaban J connectivity index is 4.22. The summed E-state index contributed by atoms with van der Waals surface area (Å²) >= 11 is 0. The third-order valence-electron chi connectivity index (χ3n) is 2.10. The van der Waals surface area contributed by atoms with E-state index >= 15 is 0 Å². The molecule has 1 unspecified atom stereocenters. The van der Waals surface area contributed by atoms with Crippen LogP contribution in [0.2, 0.25) is 0 Å². The van der Waals surface area contributed by atoms with Gasteiger partial charge in [-0.15, -0.1) is 0 Å². The summed E-state index contributed by atoms with van der Waals surface area (Å²) in [5, 5.41) is 0. The van der Waals surface area contributed by atoms with Crippen LogP contribution in [0.1, 0.15) is 13.3 Å². The first kappa shape index (κ1) is 12.7. The van der Waals surface area contributed by atoms with E-state index in [1.54, 1.807) is 21.1 Å². The van der Waals surface area contributed by atoms with Gasteiger partial charge in [-0.1, -0.05) is 6.92 Å². The highest BCUT2D eigenvalue weighted by molar-refractivity contribution is 5.78. The zero-order valence-corrected chi connectivity index (χ0v) is 9.28. The van der Waals surface area contributed by atoms with Crippen molar-refractivity contribution in [1.82, 2.24) is 9.80 Å². The van der Waals surface area contributed by atoms with Crippen molar-refractivity contribution < 1.29 is 9.59 Å². The smallest absolute Gasteiger partial charge is 0.319 e. The van der Waals surface area contributed by atoms with Gasteiger partial charge in [0.1, 0.15) is 0 Å². The van der Waals surface area contributed by atoms with Gasteiger partial charge in [-0.05, 0) is 6.42 Å². The quantitative estimate of drug-likeness (QED) is 0.701. The number of carbonyl (C=O) groups excluding carboxylic acids is 2. The van der Waals surface area contributed by atoms with Crippen molar-refractivity contribution in [3.63, 3.8) is 0 Å². The summed E-state index contributed by atoms with van der Waals surface area (Å²) in [6, 6.07) is -0.121. The molecule has 0 aromatic heterocycles. The van der Waals surface area contributed by atoms with Gasteiger partial charge in [0.25, 0.3) is 0 Å². The highest BCUT2D eigenvalue weighted by Gasteiger charge is 2.19. The van der Waals surface area contributed by atoms with Crippen LogP contribution in [-0.2, 0) is 4.79 Å². The van der Waals surface area contributed by atoms with Gasteiger partial charge in [-0.3, -0.25) is 4.79 Å². The molecule has 3 amide bonds. The van der Waals surface area contributed by atoms with E-state index in [2.05, 4.69) is 0 Å². The fourth-order valence-corrected chi connectivity index (χ4v) is 1.17. The van der Waals surface area contributed by atoms with E-state index in [4.69, 9.17) is 5.73 Å². The molecule has 5 heteroatoms. The lowest BCUT2D eigenvalue weighted by atomic mass is 10.1. The maximum atomic E-state index is 11.4. The number of carbonyl (C=O) groups is 2. The van der Waals surface area contributed by atoms with Crippen molar-refractivity contribution in [2.45, 2.75) is 13.3 Å². The van der Waals surface area contributed by atoms with Gasteiger partial charge in [0.2, 0.25) is 5.91 Å². The van der Waals surface area contributed by atoms with Crippen molar-refractivity contribution in [1.29, 1.82) is 0 Å². The molecule has 0 aliphatic carbocycles. The summed E-state index contributed by atoms with van der Waals surface area (Å²) in [5.41, 5.74) is 5.18. The molecule has 0 bridgehead atoms. The molecule has 0 aliphatic heterocycles. The van der Waals surface area contributed by atoms with Crippen LogP contribution >= 0.6 is 0 Å². The summed E-state index contributed by atoms with van der Waals surface area (Å²) in [4.78, 5) is 25.3. The van der Waals surface area contributed by atoms with E-state index in [-0.39, 0.29) is 17.9 Å². The zero-order chi connectivity index (χ0) is 11.3. The number of hydrogen-bond acceptors (Lipinski definition) is 2. The van der Waals surface area contributed by atoms with Crippen LogP contribution in [-0.4, -0.2) is 49.4 Å². The molecule has 0 aromatic carbocycles. The topological polar surface area (TPSA) is 66.6 Å². The lowest BCUT2D eigenvalue weighted by molar-refractivity contribution is -0.122.